The lowest BCUT2D eigenvalue weighted by molar-refractivity contribution is -0.149. The number of carboxylic acids is 1. The number of carboxylic acid groups (broad SMARTS) is 1. The van der Waals surface area contributed by atoms with Gasteiger partial charge in [0.2, 0.25) is 5.91 Å². The van der Waals surface area contributed by atoms with Crippen LogP contribution in [0.25, 0.3) is 11.1 Å². The highest BCUT2D eigenvalue weighted by Crippen LogP contribution is 2.44. The van der Waals surface area contributed by atoms with Crippen LogP contribution in [0.3, 0.4) is 0 Å². The van der Waals surface area contributed by atoms with Crippen molar-refractivity contribution in [1.82, 2.24) is 10.6 Å². The van der Waals surface area contributed by atoms with Gasteiger partial charge in [-0.3, -0.25) is 4.79 Å². The summed E-state index contributed by atoms with van der Waals surface area (Å²) in [5.74, 6) is -1.38. The number of ether oxygens (including phenoxy) is 2. The van der Waals surface area contributed by atoms with E-state index < -0.39 is 24.2 Å². The lowest BCUT2D eigenvalue weighted by atomic mass is 9.98. The highest BCUT2D eigenvalue weighted by molar-refractivity contribution is 5.79. The fraction of sp³-hybridized carbons (Fsp3) is 0.400. The van der Waals surface area contributed by atoms with Crippen LogP contribution >= 0.6 is 0 Å². The standard InChI is InChI=1S/C25H30N2O6/c1-3-16(14-23(28)26-13-12-22(32-2)24(29)30)27-25(31)33-15-21-19-10-6-4-8-17(19)18-9-5-7-11-20(18)21/h4-11,16,21-22H,3,12-15H2,1-2H3,(H,26,28)(H,27,31)(H,29,30)/t16-,22?/m1/s1. The van der Waals surface area contributed by atoms with Crippen molar-refractivity contribution in [2.24, 2.45) is 0 Å². The molecule has 3 rings (SSSR count). The maximum Gasteiger partial charge on any atom is 0.407 e. The van der Waals surface area contributed by atoms with Gasteiger partial charge in [-0.2, -0.15) is 0 Å². The SMILES string of the molecule is CC[C@H](CC(=O)NCCC(OC)C(=O)O)NC(=O)OCC1c2ccccc2-c2ccccc21. The maximum atomic E-state index is 12.4. The van der Waals surface area contributed by atoms with Gasteiger partial charge in [0.15, 0.2) is 6.10 Å². The summed E-state index contributed by atoms with van der Waals surface area (Å²) in [5.41, 5.74) is 4.58. The summed E-state index contributed by atoms with van der Waals surface area (Å²) in [7, 11) is 1.31. The van der Waals surface area contributed by atoms with E-state index in [2.05, 4.69) is 34.9 Å². The van der Waals surface area contributed by atoms with E-state index in [0.717, 1.165) is 22.3 Å². The predicted octanol–water partition coefficient (Wildman–Crippen LogP) is 3.30. The second-order valence-corrected chi connectivity index (χ2v) is 7.98. The van der Waals surface area contributed by atoms with Crippen LogP contribution in [0.1, 0.15) is 43.2 Å². The zero-order chi connectivity index (χ0) is 23.8. The Morgan fingerprint density at radius 1 is 1.03 bits per heavy atom. The van der Waals surface area contributed by atoms with Gasteiger partial charge in [-0.05, 0) is 28.7 Å². The van der Waals surface area contributed by atoms with Crippen molar-refractivity contribution in [1.29, 1.82) is 0 Å². The summed E-state index contributed by atoms with van der Waals surface area (Å²) in [6.07, 6.45) is -0.749. The Hall–Kier alpha value is -3.39. The fourth-order valence-electron chi connectivity index (χ4n) is 4.08. The van der Waals surface area contributed by atoms with E-state index in [1.54, 1.807) is 0 Å². The molecule has 1 aliphatic rings. The first-order chi connectivity index (χ1) is 15.9. The average molecular weight is 455 g/mol. The van der Waals surface area contributed by atoms with Crippen molar-refractivity contribution in [2.45, 2.75) is 44.2 Å². The monoisotopic (exact) mass is 454 g/mol. The Morgan fingerprint density at radius 2 is 1.64 bits per heavy atom. The quantitative estimate of drug-likeness (QED) is 0.480. The van der Waals surface area contributed by atoms with Crippen LogP contribution in [0.4, 0.5) is 4.79 Å². The van der Waals surface area contributed by atoms with E-state index in [4.69, 9.17) is 14.6 Å². The minimum atomic E-state index is -1.07. The van der Waals surface area contributed by atoms with Gasteiger partial charge in [-0.15, -0.1) is 0 Å². The fourth-order valence-corrected chi connectivity index (χ4v) is 4.08. The Morgan fingerprint density at radius 3 is 2.18 bits per heavy atom. The summed E-state index contributed by atoms with van der Waals surface area (Å²) in [6, 6.07) is 15.8. The zero-order valence-corrected chi connectivity index (χ0v) is 18.9. The molecule has 0 radical (unpaired) electrons. The van der Waals surface area contributed by atoms with Gasteiger partial charge in [0.05, 0.1) is 0 Å². The van der Waals surface area contributed by atoms with E-state index in [9.17, 15) is 14.4 Å². The minimum absolute atomic E-state index is 0.0329. The third-order valence-corrected chi connectivity index (χ3v) is 5.88. The van der Waals surface area contributed by atoms with Crippen LogP contribution in [0, 0.1) is 0 Å². The van der Waals surface area contributed by atoms with E-state index in [0.29, 0.717) is 6.42 Å². The Kier molecular flexibility index (Phi) is 8.43. The normalized spacial score (nSPS) is 14.0. The molecule has 2 atom stereocenters. The molecule has 0 bridgehead atoms. The van der Waals surface area contributed by atoms with Crippen molar-refractivity contribution in [3.63, 3.8) is 0 Å². The highest BCUT2D eigenvalue weighted by Gasteiger charge is 2.29. The number of hydrogen-bond donors (Lipinski definition) is 3. The van der Waals surface area contributed by atoms with Crippen LogP contribution in [0.2, 0.25) is 0 Å². The number of amides is 2. The molecule has 33 heavy (non-hydrogen) atoms. The molecule has 8 nitrogen and oxygen atoms in total. The Labute approximate surface area is 193 Å². The smallest absolute Gasteiger partial charge is 0.407 e. The second kappa shape index (κ2) is 11.5. The zero-order valence-electron chi connectivity index (χ0n) is 18.9. The third-order valence-electron chi connectivity index (χ3n) is 5.88. The molecular weight excluding hydrogens is 424 g/mol. The van der Waals surface area contributed by atoms with Crippen molar-refractivity contribution in [3.05, 3.63) is 59.7 Å². The summed E-state index contributed by atoms with van der Waals surface area (Å²) in [5, 5.41) is 14.4. The van der Waals surface area contributed by atoms with Gasteiger partial charge in [-0.25, -0.2) is 9.59 Å². The van der Waals surface area contributed by atoms with Gasteiger partial charge in [0, 0.05) is 38.5 Å². The number of aliphatic carboxylic acids is 1. The van der Waals surface area contributed by atoms with Crippen molar-refractivity contribution >= 4 is 18.0 Å². The summed E-state index contributed by atoms with van der Waals surface area (Å²) in [4.78, 5) is 35.6. The van der Waals surface area contributed by atoms with Crippen molar-refractivity contribution < 1.29 is 29.0 Å². The first-order valence-corrected chi connectivity index (χ1v) is 11.1. The van der Waals surface area contributed by atoms with Gasteiger partial charge in [0.1, 0.15) is 6.61 Å². The molecule has 3 N–H and O–H groups in total. The summed E-state index contributed by atoms with van der Waals surface area (Å²) in [6.45, 7) is 2.24. The Balaban J connectivity index is 1.49. The van der Waals surface area contributed by atoms with E-state index in [1.165, 1.54) is 7.11 Å². The largest absolute Gasteiger partial charge is 0.479 e. The first-order valence-electron chi connectivity index (χ1n) is 11.1. The molecule has 0 aromatic heterocycles. The summed E-state index contributed by atoms with van der Waals surface area (Å²) >= 11 is 0. The molecule has 1 aliphatic carbocycles. The molecule has 2 aromatic rings. The minimum Gasteiger partial charge on any atom is -0.479 e. The van der Waals surface area contributed by atoms with Crippen LogP contribution in [0.15, 0.2) is 48.5 Å². The predicted molar refractivity (Wildman–Crippen MR) is 123 cm³/mol. The molecule has 0 heterocycles. The molecule has 2 amide bonds. The third kappa shape index (κ3) is 6.10. The van der Waals surface area contributed by atoms with Crippen molar-refractivity contribution in [2.75, 3.05) is 20.3 Å². The number of nitrogens with one attached hydrogen (secondary N) is 2. The topological polar surface area (TPSA) is 114 Å². The van der Waals surface area contributed by atoms with E-state index in [-0.39, 0.29) is 37.8 Å². The number of methoxy groups -OCH3 is 1. The molecule has 0 saturated carbocycles. The number of benzene rings is 2. The van der Waals surface area contributed by atoms with Gasteiger partial charge < -0.3 is 25.2 Å². The number of carbonyl (C=O) groups is 3. The van der Waals surface area contributed by atoms with E-state index >= 15 is 0 Å². The highest BCUT2D eigenvalue weighted by atomic mass is 16.5. The molecule has 2 aromatic carbocycles. The van der Waals surface area contributed by atoms with Crippen molar-refractivity contribution in [3.8, 4) is 11.1 Å². The number of alkyl carbamates (subject to hydrolysis) is 1. The van der Waals surface area contributed by atoms with Crippen LogP contribution < -0.4 is 10.6 Å². The maximum absolute atomic E-state index is 12.4. The van der Waals surface area contributed by atoms with Gasteiger partial charge >= 0.3 is 12.1 Å². The van der Waals surface area contributed by atoms with Crippen LogP contribution in [-0.2, 0) is 19.1 Å². The van der Waals surface area contributed by atoms with E-state index in [1.807, 2.05) is 31.2 Å². The molecular formula is C25H30N2O6. The molecule has 0 spiro atoms. The summed E-state index contributed by atoms with van der Waals surface area (Å²) < 4.78 is 10.4. The molecule has 8 heteroatoms. The van der Waals surface area contributed by atoms with Crippen LogP contribution in [0.5, 0.6) is 0 Å². The van der Waals surface area contributed by atoms with Gasteiger partial charge in [-0.1, -0.05) is 55.5 Å². The number of rotatable bonds is 11. The van der Waals surface area contributed by atoms with Crippen LogP contribution in [-0.4, -0.2) is 55.5 Å². The second-order valence-electron chi connectivity index (χ2n) is 7.98. The molecule has 0 saturated heterocycles. The molecule has 176 valence electrons. The molecule has 0 fully saturated rings. The lowest BCUT2D eigenvalue weighted by Crippen LogP contribution is -2.40. The lowest BCUT2D eigenvalue weighted by Gasteiger charge is -2.19. The Bertz CT molecular complexity index is 947. The average Bonchev–Trinajstić information content (AvgIpc) is 3.13. The number of fused-ring (bicyclic) bond motifs is 3. The number of carbonyl (C=O) groups excluding carboxylic acids is 2. The van der Waals surface area contributed by atoms with Gasteiger partial charge in [0.25, 0.3) is 0 Å². The molecule has 1 unspecified atom stereocenters. The molecule has 0 aliphatic heterocycles. The number of hydrogen-bond acceptors (Lipinski definition) is 5. The first kappa shape index (κ1) is 24.3.